The lowest BCUT2D eigenvalue weighted by atomic mass is 10.1. The number of aliphatic imine (C=N–C) groups is 1. The van der Waals surface area contributed by atoms with Crippen LogP contribution in [0.4, 0.5) is 4.39 Å². The van der Waals surface area contributed by atoms with E-state index in [2.05, 4.69) is 25.8 Å². The molecule has 1 heterocycles. The van der Waals surface area contributed by atoms with E-state index in [9.17, 15) is 4.39 Å². The highest BCUT2D eigenvalue weighted by atomic mass is 19.1. The third kappa shape index (κ3) is 4.66. The number of hydrogen-bond donors (Lipinski definition) is 2. The largest absolute Gasteiger partial charge is 0.356 e. The number of guanidine groups is 1. The summed E-state index contributed by atoms with van der Waals surface area (Å²) < 4.78 is 14.9. The predicted octanol–water partition coefficient (Wildman–Crippen LogP) is 2.31. The van der Waals surface area contributed by atoms with Gasteiger partial charge >= 0.3 is 0 Å². The molecule has 3 rings (SSSR count). The Labute approximate surface area is 151 Å². The molecule has 26 heavy (non-hydrogen) atoms. The summed E-state index contributed by atoms with van der Waals surface area (Å²) in [4.78, 5) is 4.21. The quantitative estimate of drug-likeness (QED) is 0.528. The second-order valence-corrected chi connectivity index (χ2v) is 5.68. The van der Waals surface area contributed by atoms with Gasteiger partial charge < -0.3 is 10.6 Å². The smallest absolute Gasteiger partial charge is 0.191 e. The van der Waals surface area contributed by atoms with Crippen LogP contribution in [0.2, 0.25) is 0 Å². The van der Waals surface area contributed by atoms with E-state index in [1.165, 1.54) is 12.1 Å². The summed E-state index contributed by atoms with van der Waals surface area (Å²) in [6.07, 6.45) is 2.47. The van der Waals surface area contributed by atoms with Crippen molar-refractivity contribution in [2.24, 2.45) is 4.99 Å². The molecule has 0 saturated carbocycles. The van der Waals surface area contributed by atoms with Crippen LogP contribution in [0.5, 0.6) is 0 Å². The van der Waals surface area contributed by atoms with Gasteiger partial charge in [-0.2, -0.15) is 0 Å². The van der Waals surface area contributed by atoms with Crippen molar-refractivity contribution in [1.82, 2.24) is 25.4 Å². The van der Waals surface area contributed by atoms with Crippen LogP contribution < -0.4 is 10.6 Å². The maximum Gasteiger partial charge on any atom is 0.191 e. The zero-order chi connectivity index (χ0) is 18.2. The molecule has 7 heteroatoms. The number of benzene rings is 2. The molecule has 2 aromatic carbocycles. The molecule has 134 valence electrons. The molecule has 0 unspecified atom stereocenters. The topological polar surface area (TPSA) is 67.1 Å². The Balaban J connectivity index is 1.52. The molecule has 0 radical (unpaired) electrons. The molecule has 1 aromatic heterocycles. The van der Waals surface area contributed by atoms with E-state index >= 15 is 0 Å². The van der Waals surface area contributed by atoms with Crippen LogP contribution in [-0.2, 0) is 13.0 Å². The van der Waals surface area contributed by atoms with Crippen LogP contribution in [0.1, 0.15) is 11.4 Å². The third-order valence-corrected chi connectivity index (χ3v) is 3.91. The number of aromatic nitrogens is 3. The van der Waals surface area contributed by atoms with E-state index in [0.29, 0.717) is 19.0 Å². The minimum absolute atomic E-state index is 0.221. The van der Waals surface area contributed by atoms with Gasteiger partial charge in [-0.3, -0.25) is 9.56 Å². The molecule has 2 N–H and O–H groups in total. The van der Waals surface area contributed by atoms with Crippen LogP contribution in [0, 0.1) is 5.82 Å². The number of nitrogens with one attached hydrogen (secondary N) is 2. The number of hydrogen-bond acceptors (Lipinski definition) is 3. The number of rotatable bonds is 6. The first-order valence-electron chi connectivity index (χ1n) is 8.39. The Hall–Kier alpha value is -3.22. The predicted molar refractivity (Wildman–Crippen MR) is 99.7 cm³/mol. The van der Waals surface area contributed by atoms with Gasteiger partial charge in [0.25, 0.3) is 0 Å². The van der Waals surface area contributed by atoms with Crippen molar-refractivity contribution in [1.29, 1.82) is 0 Å². The first-order chi connectivity index (χ1) is 12.8. The van der Waals surface area contributed by atoms with E-state index in [4.69, 9.17) is 0 Å². The van der Waals surface area contributed by atoms with Gasteiger partial charge in [-0.1, -0.05) is 30.3 Å². The normalized spacial score (nSPS) is 11.4. The third-order valence-electron chi connectivity index (χ3n) is 3.91. The van der Waals surface area contributed by atoms with Crippen LogP contribution in [-0.4, -0.2) is 34.3 Å². The monoisotopic (exact) mass is 352 g/mol. The van der Waals surface area contributed by atoms with Gasteiger partial charge in [0, 0.05) is 19.3 Å². The van der Waals surface area contributed by atoms with Crippen molar-refractivity contribution in [3.05, 3.63) is 78.1 Å². The molecule has 0 amide bonds. The lowest BCUT2D eigenvalue weighted by molar-refractivity contribution is 0.626. The molecule has 0 spiro atoms. The van der Waals surface area contributed by atoms with Crippen LogP contribution in [0.3, 0.4) is 0 Å². The van der Waals surface area contributed by atoms with Gasteiger partial charge in [-0.15, -0.1) is 10.2 Å². The SMILES string of the molecule is CN=C(NCCc1ccc(F)cc1)NCc1nncn1-c1ccccc1. The fraction of sp³-hybridized carbons (Fsp3) is 0.211. The highest BCUT2D eigenvalue weighted by Crippen LogP contribution is 2.08. The maximum absolute atomic E-state index is 12.9. The molecule has 0 aliphatic rings. The van der Waals surface area contributed by atoms with E-state index in [0.717, 1.165) is 23.5 Å². The molecule has 3 aromatic rings. The lowest BCUT2D eigenvalue weighted by Crippen LogP contribution is -2.38. The van der Waals surface area contributed by atoms with Crippen LogP contribution >= 0.6 is 0 Å². The highest BCUT2D eigenvalue weighted by Gasteiger charge is 2.07. The average Bonchev–Trinajstić information content (AvgIpc) is 3.15. The summed E-state index contributed by atoms with van der Waals surface area (Å²) in [6, 6.07) is 16.4. The second-order valence-electron chi connectivity index (χ2n) is 5.68. The lowest BCUT2D eigenvalue weighted by Gasteiger charge is -2.12. The van der Waals surface area contributed by atoms with Crippen molar-refractivity contribution in [3.8, 4) is 5.69 Å². The Morgan fingerprint density at radius 1 is 1.08 bits per heavy atom. The fourth-order valence-electron chi connectivity index (χ4n) is 2.54. The van der Waals surface area contributed by atoms with Gasteiger partial charge in [0.2, 0.25) is 0 Å². The number of halogens is 1. The molecule has 6 nitrogen and oxygen atoms in total. The highest BCUT2D eigenvalue weighted by molar-refractivity contribution is 5.79. The van der Waals surface area contributed by atoms with Gasteiger partial charge in [0.1, 0.15) is 12.1 Å². The number of para-hydroxylation sites is 1. The van der Waals surface area contributed by atoms with E-state index < -0.39 is 0 Å². The summed E-state index contributed by atoms with van der Waals surface area (Å²) >= 11 is 0. The summed E-state index contributed by atoms with van der Waals surface area (Å²) in [5.41, 5.74) is 2.08. The van der Waals surface area contributed by atoms with Gasteiger partial charge in [0.15, 0.2) is 11.8 Å². The zero-order valence-corrected chi connectivity index (χ0v) is 14.6. The second kappa shape index (κ2) is 8.75. The molecule has 0 atom stereocenters. The molecular formula is C19H21FN6. The summed E-state index contributed by atoms with van der Waals surface area (Å²) in [5, 5.41) is 14.6. The standard InChI is InChI=1S/C19H21FN6/c1-21-19(22-12-11-15-7-9-16(20)10-8-15)23-13-18-25-24-14-26(18)17-5-3-2-4-6-17/h2-10,14H,11-13H2,1H3,(H2,21,22,23). The zero-order valence-electron chi connectivity index (χ0n) is 14.6. The van der Waals surface area contributed by atoms with Crippen molar-refractivity contribution in [3.63, 3.8) is 0 Å². The minimum Gasteiger partial charge on any atom is -0.356 e. The average molecular weight is 352 g/mol. The Kier molecular flexibility index (Phi) is 5.92. The summed E-state index contributed by atoms with van der Waals surface area (Å²) in [5.74, 6) is 1.24. The Bertz CT molecular complexity index is 842. The Morgan fingerprint density at radius 3 is 2.58 bits per heavy atom. The van der Waals surface area contributed by atoms with E-state index in [1.54, 1.807) is 25.5 Å². The molecular weight excluding hydrogens is 331 g/mol. The molecule has 0 bridgehead atoms. The fourth-order valence-corrected chi connectivity index (χ4v) is 2.54. The number of nitrogens with zero attached hydrogens (tertiary/aromatic N) is 4. The van der Waals surface area contributed by atoms with Gasteiger partial charge in [0.05, 0.1) is 6.54 Å². The van der Waals surface area contributed by atoms with E-state index in [1.807, 2.05) is 34.9 Å². The molecule has 0 fully saturated rings. The Morgan fingerprint density at radius 2 is 1.85 bits per heavy atom. The van der Waals surface area contributed by atoms with Crippen molar-refractivity contribution >= 4 is 5.96 Å². The molecule has 0 aliphatic heterocycles. The molecule has 0 saturated heterocycles. The van der Waals surface area contributed by atoms with Crippen molar-refractivity contribution in [2.45, 2.75) is 13.0 Å². The maximum atomic E-state index is 12.9. The van der Waals surface area contributed by atoms with Gasteiger partial charge in [-0.05, 0) is 36.2 Å². The van der Waals surface area contributed by atoms with Crippen LogP contribution in [0.15, 0.2) is 65.9 Å². The van der Waals surface area contributed by atoms with Crippen molar-refractivity contribution < 1.29 is 4.39 Å². The summed E-state index contributed by atoms with van der Waals surface area (Å²) in [6.45, 7) is 1.18. The van der Waals surface area contributed by atoms with Crippen LogP contribution in [0.25, 0.3) is 5.69 Å². The van der Waals surface area contributed by atoms with Gasteiger partial charge in [-0.25, -0.2) is 4.39 Å². The molecule has 0 aliphatic carbocycles. The summed E-state index contributed by atoms with van der Waals surface area (Å²) in [7, 11) is 1.72. The van der Waals surface area contributed by atoms with E-state index in [-0.39, 0.29) is 5.82 Å². The van der Waals surface area contributed by atoms with Crippen molar-refractivity contribution in [2.75, 3.05) is 13.6 Å². The first kappa shape index (κ1) is 17.6. The first-order valence-corrected chi connectivity index (χ1v) is 8.39. The minimum atomic E-state index is -0.221.